The van der Waals surface area contributed by atoms with Crippen molar-refractivity contribution in [2.24, 2.45) is 0 Å². The molecular weight excluding hydrogens is 590 g/mol. The lowest BCUT2D eigenvalue weighted by Gasteiger charge is -2.32. The molecule has 3 rings (SSSR count). The molecule has 3 aromatic rings. The maximum Gasteiger partial charge on any atom is 0.416 e. The summed E-state index contributed by atoms with van der Waals surface area (Å²) in [4.78, 5) is 27.4. The fourth-order valence-electron chi connectivity index (χ4n) is 3.85. The number of rotatable bonds is 10. The maximum atomic E-state index is 13.8. The minimum atomic E-state index is -4.81. The van der Waals surface area contributed by atoms with Crippen molar-refractivity contribution in [2.45, 2.75) is 37.5 Å². The Kier molecular flexibility index (Phi) is 10.1. The van der Waals surface area contributed by atoms with E-state index in [4.69, 9.17) is 23.2 Å². The van der Waals surface area contributed by atoms with E-state index in [2.05, 4.69) is 5.32 Å². The van der Waals surface area contributed by atoms with Crippen LogP contribution in [0.25, 0.3) is 0 Å². The van der Waals surface area contributed by atoms with Gasteiger partial charge in [0.05, 0.1) is 21.2 Å². The van der Waals surface area contributed by atoms with Gasteiger partial charge in [-0.05, 0) is 61.9 Å². The second-order valence-corrected chi connectivity index (χ2v) is 11.4. The average Bonchev–Trinajstić information content (AvgIpc) is 2.90. The number of anilines is 1. The van der Waals surface area contributed by atoms with Crippen molar-refractivity contribution >= 4 is 50.7 Å². The number of nitrogens with zero attached hydrogens (tertiary/aromatic N) is 2. The summed E-state index contributed by atoms with van der Waals surface area (Å²) in [5.74, 6) is -1.36. The molecule has 0 aliphatic rings. The SMILES string of the molecule is CCNC(=O)C(C)N(Cc1cccc(Cl)c1)C(=O)CN(c1cc(C(F)(F)F)ccc1Cl)S(=O)(=O)c1ccccc1. The van der Waals surface area contributed by atoms with E-state index in [9.17, 15) is 31.2 Å². The van der Waals surface area contributed by atoms with Gasteiger partial charge in [0.25, 0.3) is 10.0 Å². The van der Waals surface area contributed by atoms with Crippen LogP contribution in [0.15, 0.2) is 77.7 Å². The first-order valence-corrected chi connectivity index (χ1v) is 14.2. The molecule has 0 aromatic heterocycles. The van der Waals surface area contributed by atoms with Crippen molar-refractivity contribution in [1.29, 1.82) is 0 Å². The molecule has 0 saturated carbocycles. The van der Waals surface area contributed by atoms with E-state index in [1.54, 1.807) is 37.3 Å². The van der Waals surface area contributed by atoms with Crippen LogP contribution in [0.5, 0.6) is 0 Å². The summed E-state index contributed by atoms with van der Waals surface area (Å²) in [6, 6.07) is 14.6. The van der Waals surface area contributed by atoms with E-state index < -0.39 is 51.9 Å². The first-order valence-electron chi connectivity index (χ1n) is 12.0. The van der Waals surface area contributed by atoms with Crippen LogP contribution in [0, 0.1) is 0 Å². The molecule has 1 unspecified atom stereocenters. The van der Waals surface area contributed by atoms with Crippen molar-refractivity contribution in [3.63, 3.8) is 0 Å². The number of likely N-dealkylation sites (N-methyl/N-ethyl adjacent to an activating group) is 1. The van der Waals surface area contributed by atoms with Gasteiger partial charge in [0, 0.05) is 18.1 Å². The van der Waals surface area contributed by atoms with Crippen molar-refractivity contribution < 1.29 is 31.2 Å². The first kappa shape index (κ1) is 31.3. The molecule has 3 aromatic carbocycles. The third-order valence-electron chi connectivity index (χ3n) is 5.91. The number of nitrogens with one attached hydrogen (secondary N) is 1. The highest BCUT2D eigenvalue weighted by Crippen LogP contribution is 2.37. The highest BCUT2D eigenvalue weighted by Gasteiger charge is 2.36. The van der Waals surface area contributed by atoms with Gasteiger partial charge in [0.2, 0.25) is 11.8 Å². The smallest absolute Gasteiger partial charge is 0.355 e. The van der Waals surface area contributed by atoms with E-state index in [0.717, 1.165) is 11.0 Å². The topological polar surface area (TPSA) is 86.8 Å². The minimum absolute atomic E-state index is 0.132. The molecule has 0 spiro atoms. The molecule has 0 radical (unpaired) electrons. The zero-order chi connectivity index (χ0) is 29.7. The van der Waals surface area contributed by atoms with Crippen LogP contribution >= 0.6 is 23.2 Å². The van der Waals surface area contributed by atoms with Crippen LogP contribution in [0.3, 0.4) is 0 Å². The Labute approximate surface area is 240 Å². The van der Waals surface area contributed by atoms with Crippen molar-refractivity contribution in [2.75, 3.05) is 17.4 Å². The van der Waals surface area contributed by atoms with Gasteiger partial charge in [-0.3, -0.25) is 13.9 Å². The predicted molar refractivity (Wildman–Crippen MR) is 148 cm³/mol. The van der Waals surface area contributed by atoms with E-state index in [1.165, 1.54) is 31.2 Å². The molecule has 7 nitrogen and oxygen atoms in total. The fraction of sp³-hybridized carbons (Fsp3) is 0.259. The highest BCUT2D eigenvalue weighted by molar-refractivity contribution is 7.92. The summed E-state index contributed by atoms with van der Waals surface area (Å²) in [7, 11) is -4.59. The molecule has 0 fully saturated rings. The Balaban J connectivity index is 2.13. The summed E-state index contributed by atoms with van der Waals surface area (Å²) in [5, 5.41) is 2.67. The number of carbonyl (C=O) groups is 2. The zero-order valence-corrected chi connectivity index (χ0v) is 23.8. The van der Waals surface area contributed by atoms with Crippen molar-refractivity contribution in [1.82, 2.24) is 10.2 Å². The Bertz CT molecular complexity index is 1470. The lowest BCUT2D eigenvalue weighted by Crippen LogP contribution is -2.51. The van der Waals surface area contributed by atoms with Gasteiger partial charge in [0.15, 0.2) is 0 Å². The molecule has 1 atom stereocenters. The number of carbonyl (C=O) groups excluding carboxylic acids is 2. The molecule has 0 aliphatic heterocycles. The number of benzene rings is 3. The lowest BCUT2D eigenvalue weighted by molar-refractivity contribution is -0.139. The van der Waals surface area contributed by atoms with Crippen LogP contribution in [-0.4, -0.2) is 44.3 Å². The van der Waals surface area contributed by atoms with Gasteiger partial charge in [0.1, 0.15) is 12.6 Å². The standard InChI is InChI=1S/C27H26Cl2F3N3O4S/c1-3-33-26(37)18(2)34(16-19-8-7-9-21(28)14-19)25(36)17-35(40(38,39)22-10-5-4-6-11-22)24-15-20(27(30,31)32)12-13-23(24)29/h4-15,18H,3,16-17H2,1-2H3,(H,33,37). The van der Waals surface area contributed by atoms with Gasteiger partial charge in [-0.15, -0.1) is 0 Å². The van der Waals surface area contributed by atoms with Gasteiger partial charge in [-0.1, -0.05) is 53.5 Å². The van der Waals surface area contributed by atoms with Gasteiger partial charge in [-0.2, -0.15) is 13.2 Å². The number of hydrogen-bond donors (Lipinski definition) is 1. The second kappa shape index (κ2) is 12.9. The van der Waals surface area contributed by atoms with Crippen LogP contribution in [0.1, 0.15) is 25.0 Å². The molecule has 0 aliphatic carbocycles. The van der Waals surface area contributed by atoms with Crippen molar-refractivity contribution in [3.05, 3.63) is 94.0 Å². The van der Waals surface area contributed by atoms with Gasteiger partial charge in [-0.25, -0.2) is 8.42 Å². The van der Waals surface area contributed by atoms with E-state index in [1.807, 2.05) is 0 Å². The lowest BCUT2D eigenvalue weighted by atomic mass is 10.1. The fourth-order valence-corrected chi connectivity index (χ4v) is 5.78. The summed E-state index contributed by atoms with van der Waals surface area (Å²) in [6.07, 6.45) is -4.81. The monoisotopic (exact) mass is 615 g/mol. The number of sulfonamides is 1. The Morgan fingerprint density at radius 1 is 0.975 bits per heavy atom. The van der Waals surface area contributed by atoms with E-state index >= 15 is 0 Å². The van der Waals surface area contributed by atoms with Gasteiger partial charge >= 0.3 is 6.18 Å². The first-order chi connectivity index (χ1) is 18.8. The Hall–Kier alpha value is -3.28. The van der Waals surface area contributed by atoms with E-state index in [0.29, 0.717) is 27.0 Å². The molecule has 2 amide bonds. The van der Waals surface area contributed by atoms with Crippen LogP contribution in [0.2, 0.25) is 10.0 Å². The van der Waals surface area contributed by atoms with Crippen LogP contribution < -0.4 is 9.62 Å². The molecular formula is C27H26Cl2F3N3O4S. The summed E-state index contributed by atoms with van der Waals surface area (Å²) >= 11 is 12.3. The van der Waals surface area contributed by atoms with Crippen LogP contribution in [0.4, 0.5) is 18.9 Å². The quantitative estimate of drug-likeness (QED) is 0.314. The normalized spacial score (nSPS) is 12.5. The molecule has 0 bridgehead atoms. The van der Waals surface area contributed by atoms with Crippen molar-refractivity contribution in [3.8, 4) is 0 Å². The van der Waals surface area contributed by atoms with Crippen LogP contribution in [-0.2, 0) is 32.3 Å². The number of alkyl halides is 3. The second-order valence-electron chi connectivity index (χ2n) is 8.71. The predicted octanol–water partition coefficient (Wildman–Crippen LogP) is 5.76. The number of amides is 2. The van der Waals surface area contributed by atoms with Gasteiger partial charge < -0.3 is 10.2 Å². The average molecular weight is 616 g/mol. The number of halogens is 5. The molecule has 40 heavy (non-hydrogen) atoms. The minimum Gasteiger partial charge on any atom is -0.355 e. The highest BCUT2D eigenvalue weighted by atomic mass is 35.5. The summed E-state index contributed by atoms with van der Waals surface area (Å²) in [5.41, 5.74) is -1.15. The molecule has 0 heterocycles. The molecule has 13 heteroatoms. The third kappa shape index (κ3) is 7.47. The Morgan fingerprint density at radius 2 is 1.65 bits per heavy atom. The molecule has 1 N–H and O–H groups in total. The zero-order valence-electron chi connectivity index (χ0n) is 21.5. The third-order valence-corrected chi connectivity index (χ3v) is 8.24. The number of hydrogen-bond acceptors (Lipinski definition) is 4. The molecule has 0 saturated heterocycles. The molecule has 214 valence electrons. The largest absolute Gasteiger partial charge is 0.416 e. The summed E-state index contributed by atoms with van der Waals surface area (Å²) in [6.45, 7) is 2.35. The summed E-state index contributed by atoms with van der Waals surface area (Å²) < 4.78 is 68.7. The maximum absolute atomic E-state index is 13.8. The Morgan fingerprint density at radius 3 is 2.25 bits per heavy atom. The van der Waals surface area contributed by atoms with E-state index in [-0.39, 0.29) is 23.0 Å².